The number of halogens is 1. The molecule has 0 aliphatic rings. The minimum atomic E-state index is -0.635. The van der Waals surface area contributed by atoms with Gasteiger partial charge in [0.05, 0.1) is 0 Å². The van der Waals surface area contributed by atoms with Crippen molar-refractivity contribution in [2.75, 3.05) is 13.1 Å². The van der Waals surface area contributed by atoms with Crippen molar-refractivity contribution in [3.05, 3.63) is 11.7 Å². The Hall–Kier alpha value is 0.270. The van der Waals surface area contributed by atoms with Crippen molar-refractivity contribution in [2.45, 2.75) is 20.8 Å². The molecule has 2 nitrogen and oxygen atoms in total. The van der Waals surface area contributed by atoms with Crippen LogP contribution in [0.1, 0.15) is 20.8 Å². The number of hydrogen-bond acceptors (Lipinski definition) is 2. The van der Waals surface area contributed by atoms with Crippen LogP contribution in [-0.2, 0) is 0 Å². The quantitative estimate of drug-likeness (QED) is 0.356. The van der Waals surface area contributed by atoms with E-state index < -0.39 is 11.7 Å². The number of nitrogens with zero attached hydrogens (tertiary/aromatic N) is 1. The summed E-state index contributed by atoms with van der Waals surface area (Å²) in [5.74, 6) is -1.13. The van der Waals surface area contributed by atoms with Gasteiger partial charge in [-0.15, -0.1) is 0 Å². The molecule has 0 N–H and O–H groups in total. The van der Waals surface area contributed by atoms with Crippen LogP contribution < -0.4 is 34.7 Å². The molecule has 0 aliphatic carbocycles. The van der Waals surface area contributed by atoms with E-state index in [4.69, 9.17) is 0 Å². The van der Waals surface area contributed by atoms with Gasteiger partial charge in [-0.2, -0.15) is 0 Å². The van der Waals surface area contributed by atoms with Gasteiger partial charge in [-0.05, 0) is 26.7 Å². The molecule has 0 atom stereocenters. The minimum Gasteiger partial charge on any atom is -0.859 e. The van der Waals surface area contributed by atoms with Gasteiger partial charge in [0.15, 0.2) is 0 Å². The Morgan fingerprint density at radius 2 is 1.73 bits per heavy atom. The second-order valence-electron chi connectivity index (χ2n) is 2.01. The molecule has 0 aromatic heterocycles. The molecule has 0 heterocycles. The average Bonchev–Trinajstić information content (AvgIpc) is 1.90. The van der Waals surface area contributed by atoms with Gasteiger partial charge in [0.2, 0.25) is 0 Å². The van der Waals surface area contributed by atoms with Crippen LogP contribution in [0.2, 0.25) is 0 Å². The summed E-state index contributed by atoms with van der Waals surface area (Å²) in [5, 5.41) is 10.8. The Kier molecular flexibility index (Phi) is 8.74. The van der Waals surface area contributed by atoms with Gasteiger partial charge in [-0.25, -0.2) is 4.39 Å². The zero-order valence-electron chi connectivity index (χ0n) is 7.65. The maximum Gasteiger partial charge on any atom is 1.00 e. The number of hydrogen-bond donors (Lipinski definition) is 0. The summed E-state index contributed by atoms with van der Waals surface area (Å²) in [5.41, 5.74) is 0. The maximum atomic E-state index is 12.2. The van der Waals surface area contributed by atoms with Crippen LogP contribution in [0, 0.1) is 0 Å². The SMILES string of the molecule is CCN(CC)/C([O-])=C(/C)F.[Na+]. The van der Waals surface area contributed by atoms with E-state index in [0.717, 1.165) is 0 Å². The van der Waals surface area contributed by atoms with Gasteiger partial charge in [0, 0.05) is 13.1 Å². The fourth-order valence-corrected chi connectivity index (χ4v) is 0.729. The molecule has 11 heavy (non-hydrogen) atoms. The van der Waals surface area contributed by atoms with Gasteiger partial charge >= 0.3 is 29.6 Å². The first kappa shape index (κ1) is 13.8. The summed E-state index contributed by atoms with van der Waals surface area (Å²) < 4.78 is 12.2. The molecule has 0 unspecified atom stereocenters. The monoisotopic (exact) mass is 169 g/mol. The van der Waals surface area contributed by atoms with Crippen LogP contribution in [0.5, 0.6) is 0 Å². The van der Waals surface area contributed by atoms with E-state index in [-0.39, 0.29) is 29.6 Å². The Labute approximate surface area is 89.4 Å². The van der Waals surface area contributed by atoms with E-state index in [1.54, 1.807) is 0 Å². The molecule has 0 fully saturated rings. The Bertz CT molecular complexity index is 130. The first-order chi connectivity index (χ1) is 4.63. The van der Waals surface area contributed by atoms with Gasteiger partial charge in [-0.1, -0.05) is 0 Å². The van der Waals surface area contributed by atoms with Crippen LogP contribution in [0.4, 0.5) is 4.39 Å². The van der Waals surface area contributed by atoms with E-state index in [1.165, 1.54) is 11.8 Å². The first-order valence-corrected chi connectivity index (χ1v) is 3.41. The van der Waals surface area contributed by atoms with Crippen LogP contribution in [0.15, 0.2) is 11.7 Å². The summed E-state index contributed by atoms with van der Waals surface area (Å²) in [4.78, 5) is 1.44. The second kappa shape index (κ2) is 6.95. The molecule has 0 aromatic rings. The number of allylic oxidation sites excluding steroid dienone is 1. The largest absolute Gasteiger partial charge is 1.00 e. The molecule has 0 aliphatic heterocycles. The molecule has 0 rings (SSSR count). The van der Waals surface area contributed by atoms with Gasteiger partial charge in [0.1, 0.15) is 5.83 Å². The Morgan fingerprint density at radius 3 is 1.82 bits per heavy atom. The predicted octanol–water partition coefficient (Wildman–Crippen LogP) is -2.15. The molecule has 0 saturated heterocycles. The van der Waals surface area contributed by atoms with Crippen molar-refractivity contribution in [2.24, 2.45) is 0 Å². The third kappa shape index (κ3) is 4.67. The molecule has 0 bridgehead atoms. The molecule has 0 radical (unpaired) electrons. The fourth-order valence-electron chi connectivity index (χ4n) is 0.729. The molecule has 0 amide bonds. The Morgan fingerprint density at radius 1 is 1.36 bits per heavy atom. The Balaban J connectivity index is 0. The first-order valence-electron chi connectivity index (χ1n) is 3.41. The van der Waals surface area contributed by atoms with E-state index in [9.17, 15) is 9.50 Å². The molecular weight excluding hydrogens is 156 g/mol. The number of rotatable bonds is 3. The second-order valence-corrected chi connectivity index (χ2v) is 2.01. The van der Waals surface area contributed by atoms with Crippen molar-refractivity contribution >= 4 is 0 Å². The van der Waals surface area contributed by atoms with Gasteiger partial charge in [0.25, 0.3) is 0 Å². The van der Waals surface area contributed by atoms with Crippen molar-refractivity contribution in [3.63, 3.8) is 0 Å². The van der Waals surface area contributed by atoms with Crippen LogP contribution in [-0.4, -0.2) is 18.0 Å². The van der Waals surface area contributed by atoms with Crippen LogP contribution in [0.3, 0.4) is 0 Å². The van der Waals surface area contributed by atoms with E-state index in [1.807, 2.05) is 13.8 Å². The third-order valence-electron chi connectivity index (χ3n) is 1.35. The standard InChI is InChI=1S/C7H14FNO.Na/c1-4-9(5-2)7(10)6(3)8;/h10H,4-5H2,1-3H3;/q;+1/p-1/b7-6+;. The summed E-state index contributed by atoms with van der Waals surface area (Å²) >= 11 is 0. The predicted molar refractivity (Wildman–Crippen MR) is 36.7 cm³/mol. The maximum absolute atomic E-state index is 12.2. The van der Waals surface area contributed by atoms with Crippen LogP contribution in [0.25, 0.3) is 0 Å². The summed E-state index contributed by atoms with van der Waals surface area (Å²) in [6.45, 7) is 5.96. The van der Waals surface area contributed by atoms with Gasteiger partial charge < -0.3 is 10.0 Å². The van der Waals surface area contributed by atoms with E-state index in [0.29, 0.717) is 13.1 Å². The molecule has 0 aromatic carbocycles. The van der Waals surface area contributed by atoms with Crippen molar-refractivity contribution in [1.29, 1.82) is 0 Å². The molecule has 4 heteroatoms. The van der Waals surface area contributed by atoms with Crippen molar-refractivity contribution < 1.29 is 39.1 Å². The summed E-state index contributed by atoms with van der Waals surface area (Å²) in [6.07, 6.45) is 0. The third-order valence-corrected chi connectivity index (χ3v) is 1.35. The topological polar surface area (TPSA) is 26.3 Å². The van der Waals surface area contributed by atoms with Crippen molar-refractivity contribution in [1.82, 2.24) is 4.90 Å². The van der Waals surface area contributed by atoms with E-state index >= 15 is 0 Å². The molecule has 0 spiro atoms. The molecule has 60 valence electrons. The molecular formula is C7H13FNNaO. The van der Waals surface area contributed by atoms with Crippen molar-refractivity contribution in [3.8, 4) is 0 Å². The zero-order valence-corrected chi connectivity index (χ0v) is 9.65. The average molecular weight is 169 g/mol. The van der Waals surface area contributed by atoms with E-state index in [2.05, 4.69) is 0 Å². The normalized spacial score (nSPS) is 11.6. The van der Waals surface area contributed by atoms with Crippen LogP contribution >= 0.6 is 0 Å². The molecule has 0 saturated carbocycles. The minimum absolute atomic E-state index is 0. The summed E-state index contributed by atoms with van der Waals surface area (Å²) in [6, 6.07) is 0. The summed E-state index contributed by atoms with van der Waals surface area (Å²) in [7, 11) is 0. The fraction of sp³-hybridized carbons (Fsp3) is 0.714. The smallest absolute Gasteiger partial charge is 0.859 e. The zero-order chi connectivity index (χ0) is 8.15. The van der Waals surface area contributed by atoms with Gasteiger partial charge in [-0.3, -0.25) is 0 Å².